The maximum Gasteiger partial charge on any atom is 0.323 e. The van der Waals surface area contributed by atoms with Crippen LogP contribution < -0.4 is 26.0 Å². The first kappa shape index (κ1) is 27.9. The van der Waals surface area contributed by atoms with E-state index in [1.165, 1.54) is 0 Å². The van der Waals surface area contributed by atoms with Gasteiger partial charge in [-0.15, -0.1) is 0 Å². The zero-order valence-electron chi connectivity index (χ0n) is 23.8. The van der Waals surface area contributed by atoms with Crippen molar-refractivity contribution in [2.75, 3.05) is 30.3 Å². The number of ether oxygens (including phenoxy) is 1. The van der Waals surface area contributed by atoms with Crippen LogP contribution >= 0.6 is 0 Å². The Balaban J connectivity index is 1.68. The molecule has 1 aromatic heterocycles. The Kier molecular flexibility index (Phi) is 8.57. The smallest absolute Gasteiger partial charge is 0.323 e. The average molecular weight is 490 g/mol. The van der Waals surface area contributed by atoms with Gasteiger partial charge in [0.05, 0.1) is 6.61 Å². The molecule has 0 spiro atoms. The molecule has 35 heavy (non-hydrogen) atoms. The van der Waals surface area contributed by atoms with Gasteiger partial charge in [-0.25, -0.2) is 0 Å². The molecule has 1 aromatic rings. The predicted molar refractivity (Wildman–Crippen MR) is 145 cm³/mol. The molecule has 0 saturated carbocycles. The van der Waals surface area contributed by atoms with Crippen molar-refractivity contribution in [3.63, 3.8) is 0 Å². The van der Waals surface area contributed by atoms with E-state index in [9.17, 15) is 0 Å². The second-order valence-corrected chi connectivity index (χ2v) is 13.6. The predicted octanol–water partition coefficient (Wildman–Crippen LogP) is 4.99. The zero-order valence-corrected chi connectivity index (χ0v) is 23.8. The quantitative estimate of drug-likeness (QED) is 0.342. The third kappa shape index (κ3) is 9.05. The van der Waals surface area contributed by atoms with Gasteiger partial charge in [-0.3, -0.25) is 0 Å². The van der Waals surface area contributed by atoms with Gasteiger partial charge in [0.25, 0.3) is 0 Å². The SMILES string of the molecule is CCCCOc1nc(NCC2CC(C)(C)NC(C)(C)C2)nc(NCC2CC(C)(C)NC(C)(C)C2)n1. The van der Waals surface area contributed by atoms with Gasteiger partial charge in [0.1, 0.15) is 0 Å². The highest BCUT2D eigenvalue weighted by Crippen LogP contribution is 2.34. The van der Waals surface area contributed by atoms with E-state index in [-0.39, 0.29) is 22.2 Å². The first-order valence-corrected chi connectivity index (χ1v) is 13.6. The lowest BCUT2D eigenvalue weighted by Crippen LogP contribution is -2.58. The van der Waals surface area contributed by atoms with Gasteiger partial charge in [-0.05, 0) is 99.3 Å². The van der Waals surface area contributed by atoms with Crippen molar-refractivity contribution in [1.82, 2.24) is 25.6 Å². The van der Waals surface area contributed by atoms with Crippen LogP contribution in [-0.4, -0.2) is 56.8 Å². The molecule has 0 radical (unpaired) electrons. The molecular weight excluding hydrogens is 438 g/mol. The molecule has 2 saturated heterocycles. The molecule has 0 amide bonds. The van der Waals surface area contributed by atoms with Gasteiger partial charge in [-0.2, -0.15) is 15.0 Å². The van der Waals surface area contributed by atoms with Crippen LogP contribution in [0.25, 0.3) is 0 Å². The number of piperidine rings is 2. The number of rotatable bonds is 10. The van der Waals surface area contributed by atoms with Crippen LogP contribution in [-0.2, 0) is 0 Å². The second-order valence-electron chi connectivity index (χ2n) is 13.6. The lowest BCUT2D eigenvalue weighted by Gasteiger charge is -2.46. The van der Waals surface area contributed by atoms with Crippen LogP contribution in [0, 0.1) is 11.8 Å². The molecule has 200 valence electrons. The Morgan fingerprint density at radius 2 is 1.11 bits per heavy atom. The number of anilines is 2. The summed E-state index contributed by atoms with van der Waals surface area (Å²) in [4.78, 5) is 13.9. The highest BCUT2D eigenvalue weighted by Gasteiger charge is 2.38. The normalized spacial score (nSPS) is 23.6. The lowest BCUT2D eigenvalue weighted by atomic mass is 9.76. The zero-order chi connectivity index (χ0) is 25.9. The Labute approximate surface area is 213 Å². The van der Waals surface area contributed by atoms with Crippen LogP contribution in [0.15, 0.2) is 0 Å². The maximum absolute atomic E-state index is 5.88. The van der Waals surface area contributed by atoms with Crippen LogP contribution in [0.1, 0.15) is 101 Å². The summed E-state index contributed by atoms with van der Waals surface area (Å²) in [6.07, 6.45) is 6.50. The van der Waals surface area contributed by atoms with Crippen LogP contribution in [0.2, 0.25) is 0 Å². The Bertz CT molecular complexity index is 745. The van der Waals surface area contributed by atoms with E-state index in [1.807, 2.05) is 0 Å². The molecule has 0 aliphatic carbocycles. The van der Waals surface area contributed by atoms with Gasteiger partial charge >= 0.3 is 6.01 Å². The van der Waals surface area contributed by atoms with E-state index in [2.05, 4.69) is 93.5 Å². The molecule has 0 aromatic carbocycles. The van der Waals surface area contributed by atoms with Crippen LogP contribution in [0.3, 0.4) is 0 Å². The summed E-state index contributed by atoms with van der Waals surface area (Å²) in [6, 6.07) is 0.399. The fourth-order valence-electron chi connectivity index (χ4n) is 6.71. The lowest BCUT2D eigenvalue weighted by molar-refractivity contribution is 0.134. The van der Waals surface area contributed by atoms with Crippen molar-refractivity contribution in [2.45, 2.75) is 123 Å². The summed E-state index contributed by atoms with van der Waals surface area (Å²) in [5.41, 5.74) is 0.463. The Morgan fingerprint density at radius 3 is 1.49 bits per heavy atom. The summed E-state index contributed by atoms with van der Waals surface area (Å²) in [5, 5.41) is 14.5. The monoisotopic (exact) mass is 489 g/mol. The number of hydrogen-bond donors (Lipinski definition) is 4. The number of hydrogen-bond acceptors (Lipinski definition) is 8. The summed E-state index contributed by atoms with van der Waals surface area (Å²) >= 11 is 0. The number of aromatic nitrogens is 3. The first-order valence-electron chi connectivity index (χ1n) is 13.6. The van der Waals surface area contributed by atoms with E-state index >= 15 is 0 Å². The van der Waals surface area contributed by atoms with Gasteiger partial charge in [0, 0.05) is 35.2 Å². The van der Waals surface area contributed by atoms with Gasteiger partial charge in [0.15, 0.2) is 0 Å². The third-order valence-electron chi connectivity index (χ3n) is 6.99. The largest absolute Gasteiger partial charge is 0.463 e. The molecule has 0 unspecified atom stereocenters. The third-order valence-corrected chi connectivity index (χ3v) is 6.99. The highest BCUT2D eigenvalue weighted by molar-refractivity contribution is 5.36. The number of nitrogens with zero attached hydrogens (tertiary/aromatic N) is 3. The molecule has 2 aliphatic heterocycles. The van der Waals surface area contributed by atoms with E-state index in [4.69, 9.17) is 9.72 Å². The van der Waals surface area contributed by atoms with Crippen molar-refractivity contribution in [3.05, 3.63) is 0 Å². The van der Waals surface area contributed by atoms with Crippen LogP contribution in [0.4, 0.5) is 11.9 Å². The van der Waals surface area contributed by atoms with Crippen molar-refractivity contribution in [3.8, 4) is 6.01 Å². The minimum atomic E-state index is 0.116. The molecule has 8 heteroatoms. The molecular formula is C27H51N7O. The Hall–Kier alpha value is -1.67. The van der Waals surface area contributed by atoms with Crippen molar-refractivity contribution >= 4 is 11.9 Å². The summed E-state index contributed by atoms with van der Waals surface area (Å²) in [5.74, 6) is 2.26. The van der Waals surface area contributed by atoms with Crippen molar-refractivity contribution in [1.29, 1.82) is 0 Å². The number of nitrogens with one attached hydrogen (secondary N) is 4. The molecule has 3 heterocycles. The van der Waals surface area contributed by atoms with Gasteiger partial charge < -0.3 is 26.0 Å². The van der Waals surface area contributed by atoms with Crippen molar-refractivity contribution in [2.24, 2.45) is 11.8 Å². The number of unbranched alkanes of at least 4 members (excludes halogenated alkanes) is 1. The molecule has 3 rings (SSSR count). The summed E-state index contributed by atoms with van der Waals surface area (Å²) in [7, 11) is 0. The molecule has 4 N–H and O–H groups in total. The second kappa shape index (κ2) is 10.8. The molecule has 2 aliphatic rings. The maximum atomic E-state index is 5.88. The van der Waals surface area contributed by atoms with Crippen molar-refractivity contribution < 1.29 is 4.74 Å². The van der Waals surface area contributed by atoms with E-state index in [1.54, 1.807) is 0 Å². The fourth-order valence-corrected chi connectivity index (χ4v) is 6.71. The standard InChI is InChI=1S/C27H51N7O/c1-10-11-12-35-23-31-21(28-17-19-13-24(2,3)33-25(4,5)14-19)30-22(32-23)29-18-20-15-26(6,7)34-27(8,9)16-20/h19-20,33-34H,10-18H2,1-9H3,(H2,28,29,30,31,32). The molecule has 0 atom stereocenters. The summed E-state index contributed by atoms with van der Waals surface area (Å²) in [6.45, 7) is 22.7. The minimum Gasteiger partial charge on any atom is -0.463 e. The molecule has 0 bridgehead atoms. The van der Waals surface area contributed by atoms with Crippen LogP contribution in [0.5, 0.6) is 6.01 Å². The topological polar surface area (TPSA) is 96.0 Å². The average Bonchev–Trinajstić information content (AvgIpc) is 2.66. The van der Waals surface area contributed by atoms with Gasteiger partial charge in [0.2, 0.25) is 11.9 Å². The minimum absolute atomic E-state index is 0.116. The first-order chi connectivity index (χ1) is 16.2. The van der Waals surface area contributed by atoms with Gasteiger partial charge in [-0.1, -0.05) is 13.3 Å². The van der Waals surface area contributed by atoms with E-state index in [0.29, 0.717) is 36.3 Å². The highest BCUT2D eigenvalue weighted by atomic mass is 16.5. The molecule has 8 nitrogen and oxygen atoms in total. The van der Waals surface area contributed by atoms with E-state index < -0.39 is 0 Å². The Morgan fingerprint density at radius 1 is 0.714 bits per heavy atom. The molecule has 2 fully saturated rings. The summed E-state index contributed by atoms with van der Waals surface area (Å²) < 4.78 is 5.88. The fraction of sp³-hybridized carbons (Fsp3) is 0.889. The van der Waals surface area contributed by atoms with E-state index in [0.717, 1.165) is 51.6 Å².